The molecule has 0 radical (unpaired) electrons. The minimum Gasteiger partial charge on any atom is -0.508 e. The number of hydrogen-bond donors (Lipinski definition) is 5. The predicted molar refractivity (Wildman–Crippen MR) is 111 cm³/mol. The van der Waals surface area contributed by atoms with E-state index in [0.717, 1.165) is 12.8 Å². The van der Waals surface area contributed by atoms with Crippen LogP contribution in [-0.4, -0.2) is 56.2 Å². The first-order valence-electron chi connectivity index (χ1n) is 10.8. The number of phenolic OH excluding ortho intramolecular Hbond substituents is 1. The Morgan fingerprint density at radius 3 is 2.62 bits per heavy atom. The molecule has 172 valence electrons. The summed E-state index contributed by atoms with van der Waals surface area (Å²) in [5.74, 6) is -6.71. The summed E-state index contributed by atoms with van der Waals surface area (Å²) in [6.45, 7) is 2.46. The number of fused-ring (bicyclic) bond motifs is 3. The fourth-order valence-electron chi connectivity index (χ4n) is 5.36. The van der Waals surface area contributed by atoms with E-state index < -0.39 is 52.7 Å². The summed E-state index contributed by atoms with van der Waals surface area (Å²) in [7, 11) is 0. The number of carbonyl (C=O) groups is 3. The second-order valence-corrected chi connectivity index (χ2v) is 8.88. The van der Waals surface area contributed by atoms with Crippen LogP contribution in [0.4, 0.5) is 0 Å². The molecule has 32 heavy (non-hydrogen) atoms. The summed E-state index contributed by atoms with van der Waals surface area (Å²) in [6.07, 6.45) is 0.583. The highest BCUT2D eigenvalue weighted by Gasteiger charge is 2.62. The van der Waals surface area contributed by atoms with Gasteiger partial charge in [-0.3, -0.25) is 14.4 Å². The van der Waals surface area contributed by atoms with Crippen LogP contribution in [0.2, 0.25) is 0 Å². The monoisotopic (exact) mass is 445 g/mol. The van der Waals surface area contributed by atoms with Gasteiger partial charge < -0.3 is 30.9 Å². The number of carbonyl (C=O) groups excluding carboxylic acids is 3. The third kappa shape index (κ3) is 3.10. The van der Waals surface area contributed by atoms with Gasteiger partial charge in [-0.15, -0.1) is 0 Å². The molecule has 1 saturated carbocycles. The van der Waals surface area contributed by atoms with Crippen molar-refractivity contribution in [1.82, 2.24) is 0 Å². The molecule has 4 rings (SSSR count). The normalized spacial score (nSPS) is 31.6. The van der Waals surface area contributed by atoms with Crippen molar-refractivity contribution in [2.24, 2.45) is 23.5 Å². The number of amides is 1. The number of ether oxygens (including phenoxy) is 1. The Kier molecular flexibility index (Phi) is 5.50. The molecular formula is C23H27NO8. The van der Waals surface area contributed by atoms with Gasteiger partial charge in [-0.25, -0.2) is 0 Å². The lowest BCUT2D eigenvalue weighted by atomic mass is 9.58. The number of unbranched alkanes of at least 4 members (excludes halogenated alkanes) is 1. The molecule has 1 aromatic rings. The van der Waals surface area contributed by atoms with Crippen molar-refractivity contribution < 1.29 is 39.5 Å². The number of benzene rings is 1. The van der Waals surface area contributed by atoms with Crippen LogP contribution in [0.1, 0.15) is 48.5 Å². The zero-order chi connectivity index (χ0) is 23.4. The van der Waals surface area contributed by atoms with Gasteiger partial charge in [-0.05, 0) is 43.7 Å². The van der Waals surface area contributed by atoms with Crippen LogP contribution in [0, 0.1) is 17.8 Å². The van der Waals surface area contributed by atoms with Gasteiger partial charge in [0.15, 0.2) is 17.2 Å². The Bertz CT molecular complexity index is 1030. The van der Waals surface area contributed by atoms with Crippen LogP contribution < -0.4 is 10.5 Å². The summed E-state index contributed by atoms with van der Waals surface area (Å²) in [5, 5.41) is 42.9. The van der Waals surface area contributed by atoms with Crippen molar-refractivity contribution in [1.29, 1.82) is 0 Å². The Morgan fingerprint density at radius 2 is 1.97 bits per heavy atom. The molecule has 2 unspecified atom stereocenters. The van der Waals surface area contributed by atoms with Gasteiger partial charge in [0.05, 0.1) is 18.3 Å². The SMILES string of the molecule is CCCCOc1ccc(O)c2c1C[C@H]1C[C@H]3CC(O)C(C(N)=O)C(=O)[C@@]3(O)C(O)=C1C2=O. The molecule has 0 bridgehead atoms. The van der Waals surface area contributed by atoms with E-state index in [1.165, 1.54) is 6.07 Å². The zero-order valence-corrected chi connectivity index (χ0v) is 17.7. The average molecular weight is 445 g/mol. The Balaban J connectivity index is 1.81. The largest absolute Gasteiger partial charge is 0.508 e. The van der Waals surface area contributed by atoms with Crippen LogP contribution in [0.25, 0.3) is 0 Å². The zero-order valence-electron chi connectivity index (χ0n) is 17.7. The van der Waals surface area contributed by atoms with E-state index in [4.69, 9.17) is 10.5 Å². The van der Waals surface area contributed by atoms with E-state index in [1.807, 2.05) is 6.92 Å². The van der Waals surface area contributed by atoms with Crippen LogP contribution in [0.3, 0.4) is 0 Å². The average Bonchev–Trinajstić information content (AvgIpc) is 2.72. The van der Waals surface area contributed by atoms with Gasteiger partial charge in [0.1, 0.15) is 23.2 Å². The minimum absolute atomic E-state index is 0.0337. The molecule has 6 N–H and O–H groups in total. The quantitative estimate of drug-likeness (QED) is 0.329. The standard InChI is InChI=1S/C23H27NO8/c1-2-3-6-32-15-5-4-13(25)17-12(15)8-10-7-11-9-14(26)18(22(24)30)21(29)23(11,31)20(28)16(10)19(17)27/h4-5,10-11,14,18,25-26,28,31H,2-3,6-9H2,1H3,(H2,24,30)/t10-,11+,14?,18?,23+/m1/s1. The second kappa shape index (κ2) is 7.90. The van der Waals surface area contributed by atoms with E-state index in [0.29, 0.717) is 17.9 Å². The fourth-order valence-corrected chi connectivity index (χ4v) is 5.36. The third-order valence-corrected chi connectivity index (χ3v) is 6.99. The highest BCUT2D eigenvalue weighted by Crippen LogP contribution is 2.52. The van der Waals surface area contributed by atoms with Crippen LogP contribution in [0.15, 0.2) is 23.5 Å². The second-order valence-electron chi connectivity index (χ2n) is 8.88. The third-order valence-electron chi connectivity index (χ3n) is 6.99. The topological polar surface area (TPSA) is 167 Å². The number of allylic oxidation sites excluding steroid dienone is 1. The molecule has 3 aliphatic carbocycles. The summed E-state index contributed by atoms with van der Waals surface area (Å²) >= 11 is 0. The molecule has 1 amide bonds. The fraction of sp³-hybridized carbons (Fsp3) is 0.522. The molecule has 0 saturated heterocycles. The number of aliphatic hydroxyl groups is 3. The van der Waals surface area contributed by atoms with Gasteiger partial charge in [0.2, 0.25) is 5.91 Å². The molecular weight excluding hydrogens is 418 g/mol. The number of phenols is 1. The lowest BCUT2D eigenvalue weighted by Gasteiger charge is -2.48. The number of aromatic hydroxyl groups is 1. The van der Waals surface area contributed by atoms with Crippen molar-refractivity contribution in [2.75, 3.05) is 6.61 Å². The van der Waals surface area contributed by atoms with Gasteiger partial charge >= 0.3 is 0 Å². The maximum absolute atomic E-state index is 13.4. The van der Waals surface area contributed by atoms with Crippen LogP contribution in [0.5, 0.6) is 11.5 Å². The molecule has 9 nitrogen and oxygen atoms in total. The maximum Gasteiger partial charge on any atom is 0.230 e. The Morgan fingerprint density at radius 1 is 1.25 bits per heavy atom. The van der Waals surface area contributed by atoms with Crippen molar-refractivity contribution in [3.05, 3.63) is 34.6 Å². The molecule has 0 aromatic heterocycles. The van der Waals surface area contributed by atoms with E-state index in [-0.39, 0.29) is 36.1 Å². The number of Topliss-reactive ketones (excluding diaryl/α,β-unsaturated/α-hetero) is 2. The van der Waals surface area contributed by atoms with Gasteiger partial charge in [-0.2, -0.15) is 0 Å². The molecule has 1 aromatic carbocycles. The number of nitrogens with two attached hydrogens (primary N) is 1. The number of aliphatic hydroxyl groups excluding tert-OH is 2. The van der Waals surface area contributed by atoms with Crippen molar-refractivity contribution >= 4 is 17.5 Å². The first-order chi connectivity index (χ1) is 15.1. The molecule has 0 spiro atoms. The van der Waals surface area contributed by atoms with Crippen molar-refractivity contribution in [2.45, 2.75) is 50.7 Å². The molecule has 0 heterocycles. The van der Waals surface area contributed by atoms with Gasteiger partial charge in [0.25, 0.3) is 0 Å². The molecule has 0 aliphatic heterocycles. The maximum atomic E-state index is 13.4. The number of ketones is 2. The number of rotatable bonds is 5. The van der Waals surface area contributed by atoms with Crippen molar-refractivity contribution in [3.63, 3.8) is 0 Å². The lowest BCUT2D eigenvalue weighted by molar-refractivity contribution is -0.167. The Hall–Kier alpha value is -2.91. The van der Waals surface area contributed by atoms with Crippen LogP contribution >= 0.6 is 0 Å². The lowest BCUT2D eigenvalue weighted by Crippen LogP contribution is -2.63. The molecule has 1 fully saturated rings. The molecule has 5 atom stereocenters. The predicted octanol–water partition coefficient (Wildman–Crippen LogP) is 0.924. The first-order valence-corrected chi connectivity index (χ1v) is 10.8. The molecule has 3 aliphatic rings. The van der Waals surface area contributed by atoms with Gasteiger partial charge in [0, 0.05) is 17.1 Å². The van der Waals surface area contributed by atoms with E-state index in [9.17, 15) is 34.8 Å². The van der Waals surface area contributed by atoms with Crippen molar-refractivity contribution in [3.8, 4) is 11.5 Å². The summed E-state index contributed by atoms with van der Waals surface area (Å²) in [5.41, 5.74) is 3.06. The minimum atomic E-state index is -2.50. The highest BCUT2D eigenvalue weighted by molar-refractivity contribution is 6.15. The van der Waals surface area contributed by atoms with Gasteiger partial charge in [-0.1, -0.05) is 13.3 Å². The smallest absolute Gasteiger partial charge is 0.230 e. The highest BCUT2D eigenvalue weighted by atomic mass is 16.5. The summed E-state index contributed by atoms with van der Waals surface area (Å²) in [6, 6.07) is 2.93. The summed E-state index contributed by atoms with van der Waals surface area (Å²) in [4.78, 5) is 38.0. The number of primary amides is 1. The molecule has 9 heteroatoms. The Labute approximate surface area is 184 Å². The van der Waals surface area contributed by atoms with Crippen LogP contribution in [-0.2, 0) is 16.0 Å². The van der Waals surface area contributed by atoms with E-state index in [2.05, 4.69) is 0 Å². The summed E-state index contributed by atoms with van der Waals surface area (Å²) < 4.78 is 5.82. The first kappa shape index (κ1) is 22.3. The van der Waals surface area contributed by atoms with E-state index >= 15 is 0 Å². The number of hydrogen-bond acceptors (Lipinski definition) is 8. The van der Waals surface area contributed by atoms with E-state index in [1.54, 1.807) is 6.07 Å².